The van der Waals surface area contributed by atoms with Gasteiger partial charge in [0.25, 0.3) is 0 Å². The summed E-state index contributed by atoms with van der Waals surface area (Å²) in [5.74, 6) is 0.161. The fourth-order valence-electron chi connectivity index (χ4n) is 3.97. The highest BCUT2D eigenvalue weighted by Crippen LogP contribution is 2.42. The maximum atomic E-state index is 11.3. The first-order chi connectivity index (χ1) is 9.69. The van der Waals surface area contributed by atoms with Crippen LogP contribution in [0.3, 0.4) is 0 Å². The van der Waals surface area contributed by atoms with E-state index in [2.05, 4.69) is 11.0 Å². The molecule has 2 heterocycles. The molecule has 2 bridgehead atoms. The van der Waals surface area contributed by atoms with Crippen LogP contribution in [0.15, 0.2) is 24.3 Å². The van der Waals surface area contributed by atoms with E-state index >= 15 is 0 Å². The van der Waals surface area contributed by atoms with Crippen LogP contribution in [0.4, 0.5) is 0 Å². The second-order valence-electron chi connectivity index (χ2n) is 6.00. The molecule has 1 amide bonds. The molecule has 2 saturated heterocycles. The average molecular weight is 274 g/mol. The zero-order chi connectivity index (χ0) is 14.1. The highest BCUT2D eigenvalue weighted by molar-refractivity contribution is 5.92. The lowest BCUT2D eigenvalue weighted by molar-refractivity contribution is 0.0990. The van der Waals surface area contributed by atoms with Gasteiger partial charge in [-0.3, -0.25) is 9.69 Å². The lowest BCUT2D eigenvalue weighted by Gasteiger charge is -2.39. The predicted molar refractivity (Wildman–Crippen MR) is 77.5 cm³/mol. The Morgan fingerprint density at radius 3 is 2.60 bits per heavy atom. The van der Waals surface area contributed by atoms with Gasteiger partial charge in [-0.15, -0.1) is 0 Å². The van der Waals surface area contributed by atoms with Crippen LogP contribution in [0, 0.1) is 0 Å². The summed E-state index contributed by atoms with van der Waals surface area (Å²) in [6.07, 6.45) is 4.71. The van der Waals surface area contributed by atoms with E-state index in [9.17, 15) is 4.79 Å². The fraction of sp³-hybridized carbons (Fsp3) is 0.562. The lowest BCUT2D eigenvalue weighted by Crippen LogP contribution is -2.43. The molecule has 2 aliphatic heterocycles. The van der Waals surface area contributed by atoms with Crippen LogP contribution in [0.1, 0.15) is 47.5 Å². The van der Waals surface area contributed by atoms with Crippen LogP contribution in [-0.4, -0.2) is 41.1 Å². The number of piperidine rings is 1. The predicted octanol–water partition coefficient (Wildman–Crippen LogP) is 1.49. The first-order valence-corrected chi connectivity index (χ1v) is 7.45. The molecule has 0 radical (unpaired) electrons. The third-order valence-electron chi connectivity index (χ3n) is 4.89. The van der Waals surface area contributed by atoms with Gasteiger partial charge >= 0.3 is 0 Å². The van der Waals surface area contributed by atoms with Gasteiger partial charge in [-0.2, -0.15) is 0 Å². The lowest BCUT2D eigenvalue weighted by atomic mass is 9.84. The number of benzene rings is 1. The zero-order valence-corrected chi connectivity index (χ0v) is 11.7. The van der Waals surface area contributed by atoms with Crippen molar-refractivity contribution in [1.29, 1.82) is 0 Å². The summed E-state index contributed by atoms with van der Waals surface area (Å²) in [4.78, 5) is 13.8. The van der Waals surface area contributed by atoms with Gasteiger partial charge in [-0.1, -0.05) is 12.1 Å². The molecule has 0 spiro atoms. The van der Waals surface area contributed by atoms with Crippen LogP contribution in [0.5, 0.6) is 0 Å². The number of carbonyl (C=O) groups is 1. The van der Waals surface area contributed by atoms with E-state index in [1.54, 1.807) is 6.07 Å². The van der Waals surface area contributed by atoms with Crippen molar-refractivity contribution in [2.24, 2.45) is 5.73 Å². The van der Waals surface area contributed by atoms with Gasteiger partial charge in [0.05, 0.1) is 6.61 Å². The van der Waals surface area contributed by atoms with E-state index in [-0.39, 0.29) is 12.5 Å². The Morgan fingerprint density at radius 1 is 1.30 bits per heavy atom. The van der Waals surface area contributed by atoms with Crippen molar-refractivity contribution in [3.63, 3.8) is 0 Å². The summed E-state index contributed by atoms with van der Waals surface area (Å²) in [7, 11) is 0. The summed E-state index contributed by atoms with van der Waals surface area (Å²) in [5, 5.41) is 9.17. The number of amides is 1. The third-order valence-corrected chi connectivity index (χ3v) is 4.89. The summed E-state index contributed by atoms with van der Waals surface area (Å²) in [6, 6.07) is 8.94. The number of nitrogens with zero attached hydrogens (tertiary/aromatic N) is 1. The van der Waals surface area contributed by atoms with Gasteiger partial charge in [0.15, 0.2) is 0 Å². The van der Waals surface area contributed by atoms with E-state index in [1.807, 2.05) is 12.1 Å². The Hall–Kier alpha value is -1.39. The summed E-state index contributed by atoms with van der Waals surface area (Å²) in [6.45, 7) is 1.04. The number of hydrogen-bond acceptors (Lipinski definition) is 3. The molecule has 4 nitrogen and oxygen atoms in total. The van der Waals surface area contributed by atoms with Crippen molar-refractivity contribution in [1.82, 2.24) is 4.90 Å². The molecule has 0 aromatic heterocycles. The van der Waals surface area contributed by atoms with Gasteiger partial charge in [0.2, 0.25) is 5.91 Å². The van der Waals surface area contributed by atoms with Crippen molar-refractivity contribution < 1.29 is 9.90 Å². The average Bonchev–Trinajstić information content (AvgIpc) is 2.70. The number of primary amides is 1. The maximum absolute atomic E-state index is 11.3. The van der Waals surface area contributed by atoms with Gasteiger partial charge < -0.3 is 10.8 Å². The molecule has 20 heavy (non-hydrogen) atoms. The van der Waals surface area contributed by atoms with Crippen molar-refractivity contribution in [2.45, 2.75) is 43.7 Å². The molecular formula is C16H22N2O2. The second-order valence-corrected chi connectivity index (χ2v) is 6.00. The first kappa shape index (κ1) is 13.6. The molecule has 0 saturated carbocycles. The minimum Gasteiger partial charge on any atom is -0.395 e. The minimum absolute atomic E-state index is 0.245. The van der Waals surface area contributed by atoms with Gasteiger partial charge in [-0.05, 0) is 49.3 Å². The molecule has 1 aromatic rings. The molecule has 3 rings (SSSR count). The van der Waals surface area contributed by atoms with Crippen LogP contribution in [0.25, 0.3) is 0 Å². The van der Waals surface area contributed by atoms with Crippen molar-refractivity contribution in [3.8, 4) is 0 Å². The van der Waals surface area contributed by atoms with E-state index in [1.165, 1.54) is 18.4 Å². The Kier molecular flexibility index (Phi) is 3.76. The number of fused-ring (bicyclic) bond motifs is 2. The second kappa shape index (κ2) is 5.54. The highest BCUT2D eigenvalue weighted by atomic mass is 16.3. The normalized spacial score (nSPS) is 29.6. The quantitative estimate of drug-likeness (QED) is 0.874. The third kappa shape index (κ3) is 2.45. The highest BCUT2D eigenvalue weighted by Gasteiger charge is 2.40. The van der Waals surface area contributed by atoms with Crippen molar-refractivity contribution >= 4 is 5.91 Å². The summed E-state index contributed by atoms with van der Waals surface area (Å²) in [5.41, 5.74) is 7.21. The van der Waals surface area contributed by atoms with Crippen LogP contribution in [-0.2, 0) is 0 Å². The summed E-state index contributed by atoms with van der Waals surface area (Å²) < 4.78 is 0. The van der Waals surface area contributed by atoms with Crippen LogP contribution < -0.4 is 5.73 Å². The van der Waals surface area contributed by atoms with E-state index < -0.39 is 0 Å². The zero-order valence-electron chi connectivity index (χ0n) is 11.7. The molecule has 108 valence electrons. The SMILES string of the molecule is NC(=O)c1cccc([C@H]2C[C@H]3CC[C@@H](C2)N3CCO)c1. The molecule has 3 atom stereocenters. The number of carbonyl (C=O) groups excluding carboxylic acids is 1. The smallest absolute Gasteiger partial charge is 0.248 e. The minimum atomic E-state index is -0.354. The molecule has 1 aromatic carbocycles. The van der Waals surface area contributed by atoms with E-state index in [0.29, 0.717) is 23.6 Å². The number of aliphatic hydroxyl groups excluding tert-OH is 1. The Labute approximate surface area is 119 Å². The Morgan fingerprint density at radius 2 is 2.00 bits per heavy atom. The molecule has 2 aliphatic rings. The first-order valence-electron chi connectivity index (χ1n) is 7.45. The van der Waals surface area contributed by atoms with E-state index in [4.69, 9.17) is 10.8 Å². The standard InChI is InChI=1S/C16H22N2O2/c17-16(20)12-3-1-2-11(8-12)13-9-14-4-5-15(10-13)18(14)6-7-19/h1-3,8,13-15,19H,4-7,9-10H2,(H2,17,20)/t13-,14+,15-. The van der Waals surface area contributed by atoms with E-state index in [0.717, 1.165) is 19.4 Å². The topological polar surface area (TPSA) is 66.6 Å². The molecular weight excluding hydrogens is 252 g/mol. The van der Waals surface area contributed by atoms with Crippen LogP contribution >= 0.6 is 0 Å². The number of rotatable bonds is 4. The maximum Gasteiger partial charge on any atom is 0.248 e. The fourth-order valence-corrected chi connectivity index (χ4v) is 3.97. The van der Waals surface area contributed by atoms with Gasteiger partial charge in [-0.25, -0.2) is 0 Å². The summed E-state index contributed by atoms with van der Waals surface area (Å²) >= 11 is 0. The molecule has 4 heteroatoms. The monoisotopic (exact) mass is 274 g/mol. The molecule has 0 unspecified atom stereocenters. The van der Waals surface area contributed by atoms with Crippen LogP contribution in [0.2, 0.25) is 0 Å². The van der Waals surface area contributed by atoms with Crippen molar-refractivity contribution in [2.75, 3.05) is 13.2 Å². The molecule has 0 aliphatic carbocycles. The van der Waals surface area contributed by atoms with Gasteiger partial charge in [0, 0.05) is 24.2 Å². The largest absolute Gasteiger partial charge is 0.395 e. The molecule has 2 fully saturated rings. The van der Waals surface area contributed by atoms with Gasteiger partial charge in [0.1, 0.15) is 0 Å². The number of hydrogen-bond donors (Lipinski definition) is 2. The molecule has 3 N–H and O–H groups in total. The van der Waals surface area contributed by atoms with Crippen molar-refractivity contribution in [3.05, 3.63) is 35.4 Å². The Bertz CT molecular complexity index is 489. The number of nitrogens with two attached hydrogens (primary N) is 1. The Balaban J connectivity index is 1.77. The number of aliphatic hydroxyl groups is 1.